The average Bonchev–Trinajstić information content (AvgIpc) is 2.89. The smallest absolute Gasteiger partial charge is 0.249 e. The van der Waals surface area contributed by atoms with Crippen LogP contribution in [0.2, 0.25) is 0 Å². The Kier molecular flexibility index (Phi) is 3.36. The molecule has 2 heterocycles. The molecule has 2 amide bonds. The Labute approximate surface area is 101 Å². The summed E-state index contributed by atoms with van der Waals surface area (Å²) in [7, 11) is 0. The van der Waals surface area contributed by atoms with Crippen molar-refractivity contribution in [3.63, 3.8) is 0 Å². The lowest BCUT2D eigenvalue weighted by molar-refractivity contribution is -0.134. The van der Waals surface area contributed by atoms with Crippen LogP contribution in [0, 0.1) is 0 Å². The van der Waals surface area contributed by atoms with Crippen LogP contribution < -0.4 is 5.73 Å². The molecule has 1 saturated heterocycles. The SMILES string of the molecule is CCC(C(N)=O)N1CC(N2CCCC2)=CC1=O. The van der Waals surface area contributed by atoms with Gasteiger partial charge in [0, 0.05) is 24.9 Å². The van der Waals surface area contributed by atoms with Gasteiger partial charge in [0.1, 0.15) is 6.04 Å². The number of likely N-dealkylation sites (tertiary alicyclic amines) is 1. The van der Waals surface area contributed by atoms with E-state index in [4.69, 9.17) is 5.73 Å². The quantitative estimate of drug-likeness (QED) is 0.752. The van der Waals surface area contributed by atoms with E-state index in [1.54, 1.807) is 11.0 Å². The largest absolute Gasteiger partial charge is 0.373 e. The van der Waals surface area contributed by atoms with Crippen molar-refractivity contribution in [3.8, 4) is 0 Å². The van der Waals surface area contributed by atoms with E-state index in [9.17, 15) is 9.59 Å². The Morgan fingerprint density at radius 1 is 1.47 bits per heavy atom. The predicted molar refractivity (Wildman–Crippen MR) is 63.9 cm³/mol. The summed E-state index contributed by atoms with van der Waals surface area (Å²) in [6.07, 6.45) is 4.58. The van der Waals surface area contributed by atoms with Crippen molar-refractivity contribution in [1.29, 1.82) is 0 Å². The third-order valence-electron chi connectivity index (χ3n) is 3.51. The summed E-state index contributed by atoms with van der Waals surface area (Å²) in [5.41, 5.74) is 6.35. The lowest BCUT2D eigenvalue weighted by atomic mass is 10.2. The number of nitrogens with two attached hydrogens (primary N) is 1. The van der Waals surface area contributed by atoms with Crippen LogP contribution in [0.5, 0.6) is 0 Å². The predicted octanol–water partition coefficient (Wildman–Crippen LogP) is 0.0722. The fourth-order valence-electron chi connectivity index (χ4n) is 2.56. The van der Waals surface area contributed by atoms with Crippen molar-refractivity contribution in [2.75, 3.05) is 19.6 Å². The normalized spacial score (nSPS) is 21.9. The second kappa shape index (κ2) is 4.77. The van der Waals surface area contributed by atoms with E-state index in [2.05, 4.69) is 4.90 Å². The van der Waals surface area contributed by atoms with E-state index in [1.807, 2.05) is 6.92 Å². The maximum Gasteiger partial charge on any atom is 0.249 e. The number of carbonyl (C=O) groups is 2. The van der Waals surface area contributed by atoms with Crippen molar-refractivity contribution >= 4 is 11.8 Å². The molecule has 5 heteroatoms. The summed E-state index contributed by atoms with van der Waals surface area (Å²) in [6.45, 7) is 4.43. The number of hydrogen-bond donors (Lipinski definition) is 1. The number of hydrogen-bond acceptors (Lipinski definition) is 3. The highest BCUT2D eigenvalue weighted by molar-refractivity contribution is 5.95. The maximum atomic E-state index is 11.9. The first-order valence-corrected chi connectivity index (χ1v) is 6.19. The van der Waals surface area contributed by atoms with Gasteiger partial charge in [0.25, 0.3) is 0 Å². The van der Waals surface area contributed by atoms with Crippen LogP contribution in [0.3, 0.4) is 0 Å². The number of primary amides is 1. The summed E-state index contributed by atoms with van der Waals surface area (Å²) in [4.78, 5) is 27.0. The van der Waals surface area contributed by atoms with E-state index in [0.717, 1.165) is 18.8 Å². The average molecular weight is 237 g/mol. The molecular formula is C12H19N3O2. The zero-order valence-electron chi connectivity index (χ0n) is 10.2. The van der Waals surface area contributed by atoms with Crippen molar-refractivity contribution in [1.82, 2.24) is 9.80 Å². The molecule has 0 bridgehead atoms. The van der Waals surface area contributed by atoms with Gasteiger partial charge in [-0.25, -0.2) is 0 Å². The molecule has 0 saturated carbocycles. The monoisotopic (exact) mass is 237 g/mol. The van der Waals surface area contributed by atoms with Crippen LogP contribution in [-0.2, 0) is 9.59 Å². The summed E-state index contributed by atoms with van der Waals surface area (Å²) in [5.74, 6) is -0.505. The minimum atomic E-state index is -0.473. The van der Waals surface area contributed by atoms with Crippen LogP contribution in [0.15, 0.2) is 11.8 Å². The Morgan fingerprint density at radius 3 is 2.65 bits per heavy atom. The van der Waals surface area contributed by atoms with E-state index < -0.39 is 11.9 Å². The molecule has 94 valence electrons. The highest BCUT2D eigenvalue weighted by Gasteiger charge is 2.33. The Hall–Kier alpha value is -1.52. The van der Waals surface area contributed by atoms with E-state index in [0.29, 0.717) is 13.0 Å². The Morgan fingerprint density at radius 2 is 2.12 bits per heavy atom. The fourth-order valence-corrected chi connectivity index (χ4v) is 2.56. The van der Waals surface area contributed by atoms with Gasteiger partial charge in [-0.05, 0) is 19.3 Å². The van der Waals surface area contributed by atoms with E-state index in [-0.39, 0.29) is 5.91 Å². The van der Waals surface area contributed by atoms with E-state index in [1.165, 1.54) is 12.8 Å². The molecule has 1 unspecified atom stereocenters. The topological polar surface area (TPSA) is 66.6 Å². The van der Waals surface area contributed by atoms with Gasteiger partial charge in [0.05, 0.1) is 6.54 Å². The van der Waals surface area contributed by atoms with Crippen LogP contribution in [-0.4, -0.2) is 47.3 Å². The van der Waals surface area contributed by atoms with Gasteiger partial charge >= 0.3 is 0 Å². The molecule has 0 aromatic rings. The number of carbonyl (C=O) groups excluding carboxylic acids is 2. The molecule has 2 aliphatic rings. The highest BCUT2D eigenvalue weighted by Crippen LogP contribution is 2.22. The van der Waals surface area contributed by atoms with Gasteiger partial charge in [-0.1, -0.05) is 6.92 Å². The molecular weight excluding hydrogens is 218 g/mol. The molecule has 0 aliphatic carbocycles. The highest BCUT2D eigenvalue weighted by atomic mass is 16.2. The molecule has 1 atom stereocenters. The first-order chi connectivity index (χ1) is 8.13. The molecule has 0 spiro atoms. The molecule has 0 radical (unpaired) electrons. The first kappa shape index (κ1) is 12.0. The van der Waals surface area contributed by atoms with Crippen molar-refractivity contribution in [2.24, 2.45) is 5.73 Å². The molecule has 0 aromatic heterocycles. The Balaban J connectivity index is 2.05. The van der Waals surface area contributed by atoms with Gasteiger partial charge in [-0.2, -0.15) is 0 Å². The molecule has 1 fully saturated rings. The zero-order valence-corrected chi connectivity index (χ0v) is 10.2. The van der Waals surface area contributed by atoms with Gasteiger partial charge < -0.3 is 15.5 Å². The lowest BCUT2D eigenvalue weighted by Gasteiger charge is -2.26. The fraction of sp³-hybridized carbons (Fsp3) is 0.667. The second-order valence-corrected chi connectivity index (χ2v) is 4.62. The molecule has 17 heavy (non-hydrogen) atoms. The minimum Gasteiger partial charge on any atom is -0.373 e. The van der Waals surface area contributed by atoms with Crippen LogP contribution in [0.25, 0.3) is 0 Å². The minimum absolute atomic E-state index is 0.0856. The van der Waals surface area contributed by atoms with Gasteiger partial charge in [0.2, 0.25) is 11.8 Å². The molecule has 0 aromatic carbocycles. The maximum absolute atomic E-state index is 11.9. The van der Waals surface area contributed by atoms with Gasteiger partial charge in [-0.3, -0.25) is 9.59 Å². The Bertz CT molecular complexity index is 359. The van der Waals surface area contributed by atoms with Crippen molar-refractivity contribution in [2.45, 2.75) is 32.2 Å². The van der Waals surface area contributed by atoms with Crippen LogP contribution in [0.4, 0.5) is 0 Å². The third kappa shape index (κ3) is 2.28. The van der Waals surface area contributed by atoms with Crippen LogP contribution in [0.1, 0.15) is 26.2 Å². The van der Waals surface area contributed by atoms with Crippen molar-refractivity contribution < 1.29 is 9.59 Å². The van der Waals surface area contributed by atoms with Crippen molar-refractivity contribution in [3.05, 3.63) is 11.8 Å². The molecule has 2 aliphatic heterocycles. The van der Waals surface area contributed by atoms with Gasteiger partial charge in [0.15, 0.2) is 0 Å². The third-order valence-corrected chi connectivity index (χ3v) is 3.51. The number of nitrogens with zero attached hydrogens (tertiary/aromatic N) is 2. The summed E-state index contributed by atoms with van der Waals surface area (Å²) >= 11 is 0. The first-order valence-electron chi connectivity index (χ1n) is 6.19. The summed E-state index contributed by atoms with van der Waals surface area (Å²) < 4.78 is 0. The zero-order chi connectivity index (χ0) is 12.4. The van der Waals surface area contributed by atoms with Crippen LogP contribution >= 0.6 is 0 Å². The summed E-state index contributed by atoms with van der Waals surface area (Å²) in [5, 5.41) is 0. The molecule has 2 N–H and O–H groups in total. The lowest BCUT2D eigenvalue weighted by Crippen LogP contribution is -2.46. The standard InChI is InChI=1S/C12H19N3O2/c1-2-10(12(13)17)15-8-9(7-11(15)16)14-5-3-4-6-14/h7,10H,2-6,8H2,1H3,(H2,13,17). The number of amides is 2. The molecule has 2 rings (SSSR count). The summed E-state index contributed by atoms with van der Waals surface area (Å²) in [6, 6.07) is -0.473. The number of rotatable bonds is 4. The van der Waals surface area contributed by atoms with E-state index >= 15 is 0 Å². The second-order valence-electron chi connectivity index (χ2n) is 4.62. The van der Waals surface area contributed by atoms with Gasteiger partial charge in [-0.15, -0.1) is 0 Å². The molecule has 5 nitrogen and oxygen atoms in total.